The smallest absolute Gasteiger partial charge is 0.187 e. The zero-order valence-electron chi connectivity index (χ0n) is 11.3. The molecule has 2 aromatic rings. The van der Waals surface area contributed by atoms with E-state index in [1.807, 2.05) is 42.5 Å². The molecule has 2 N–H and O–H groups in total. The number of ketones is 1. The van der Waals surface area contributed by atoms with Crippen LogP contribution in [0.1, 0.15) is 28.9 Å². The second-order valence-electron chi connectivity index (χ2n) is 4.51. The maximum atomic E-state index is 11.8. The molecule has 0 aliphatic heterocycles. The molecule has 1 atom stereocenters. The van der Waals surface area contributed by atoms with Gasteiger partial charge >= 0.3 is 0 Å². The number of carbonyl (C=O) groups is 1. The third-order valence-corrected chi connectivity index (χ3v) is 2.91. The highest BCUT2D eigenvalue weighted by atomic mass is 16.3. The van der Waals surface area contributed by atoms with Gasteiger partial charge in [-0.1, -0.05) is 42.5 Å². The van der Waals surface area contributed by atoms with Crippen molar-refractivity contribution in [1.82, 2.24) is 0 Å². The summed E-state index contributed by atoms with van der Waals surface area (Å²) in [6, 6.07) is 16.5. The normalized spacial score (nSPS) is 12.3. The SMILES string of the molecule is C[C@H](O)c1cccc(N/C=C/C(=O)c2ccccc2)c1. The number of anilines is 1. The molecule has 0 saturated carbocycles. The van der Waals surface area contributed by atoms with Crippen LogP contribution in [0, 0.1) is 0 Å². The third kappa shape index (κ3) is 3.80. The van der Waals surface area contributed by atoms with Crippen molar-refractivity contribution in [1.29, 1.82) is 0 Å². The lowest BCUT2D eigenvalue weighted by atomic mass is 10.1. The van der Waals surface area contributed by atoms with E-state index in [9.17, 15) is 9.90 Å². The molecule has 0 bridgehead atoms. The molecule has 2 aromatic carbocycles. The van der Waals surface area contributed by atoms with E-state index >= 15 is 0 Å². The van der Waals surface area contributed by atoms with Gasteiger partial charge < -0.3 is 10.4 Å². The second kappa shape index (κ2) is 6.68. The standard InChI is InChI=1S/C17H17NO2/c1-13(19)15-8-5-9-16(12-15)18-11-10-17(20)14-6-3-2-4-7-14/h2-13,18-19H,1H3/b11-10+/t13-/m0/s1. The van der Waals surface area contributed by atoms with E-state index in [1.165, 1.54) is 6.08 Å². The van der Waals surface area contributed by atoms with Gasteiger partial charge in [-0.2, -0.15) is 0 Å². The second-order valence-corrected chi connectivity index (χ2v) is 4.51. The van der Waals surface area contributed by atoms with Crippen LogP contribution < -0.4 is 5.32 Å². The predicted octanol–water partition coefficient (Wildman–Crippen LogP) is 3.55. The van der Waals surface area contributed by atoms with Crippen LogP contribution in [0.15, 0.2) is 66.9 Å². The Morgan fingerprint density at radius 3 is 2.60 bits per heavy atom. The Morgan fingerprint density at radius 2 is 1.90 bits per heavy atom. The minimum Gasteiger partial charge on any atom is -0.389 e. The van der Waals surface area contributed by atoms with Gasteiger partial charge in [0.25, 0.3) is 0 Å². The molecule has 20 heavy (non-hydrogen) atoms. The number of hydrogen-bond donors (Lipinski definition) is 2. The van der Waals surface area contributed by atoms with Crippen molar-refractivity contribution in [3.8, 4) is 0 Å². The third-order valence-electron chi connectivity index (χ3n) is 2.91. The van der Waals surface area contributed by atoms with Crippen LogP contribution in [0.25, 0.3) is 0 Å². The summed E-state index contributed by atoms with van der Waals surface area (Å²) < 4.78 is 0. The first-order valence-corrected chi connectivity index (χ1v) is 6.47. The number of nitrogens with one attached hydrogen (secondary N) is 1. The van der Waals surface area contributed by atoms with Gasteiger partial charge in [-0.3, -0.25) is 4.79 Å². The molecule has 102 valence electrons. The summed E-state index contributed by atoms with van der Waals surface area (Å²) in [4.78, 5) is 11.8. The van der Waals surface area contributed by atoms with Crippen LogP contribution >= 0.6 is 0 Å². The van der Waals surface area contributed by atoms with E-state index in [0.717, 1.165) is 11.3 Å². The fraction of sp³-hybridized carbons (Fsp3) is 0.118. The Balaban J connectivity index is 2.00. The van der Waals surface area contributed by atoms with Gasteiger partial charge in [0.05, 0.1) is 6.10 Å². The van der Waals surface area contributed by atoms with Gasteiger partial charge in [-0.05, 0) is 24.6 Å². The molecule has 0 aromatic heterocycles. The van der Waals surface area contributed by atoms with Crippen molar-refractivity contribution in [2.45, 2.75) is 13.0 Å². The lowest BCUT2D eigenvalue weighted by Gasteiger charge is -2.07. The molecule has 2 rings (SSSR count). The monoisotopic (exact) mass is 267 g/mol. The van der Waals surface area contributed by atoms with E-state index in [0.29, 0.717) is 5.56 Å². The number of carbonyl (C=O) groups excluding carboxylic acids is 1. The number of allylic oxidation sites excluding steroid dienone is 1. The number of benzene rings is 2. The van der Waals surface area contributed by atoms with Gasteiger partial charge in [0.2, 0.25) is 0 Å². The first-order chi connectivity index (χ1) is 9.66. The zero-order chi connectivity index (χ0) is 14.4. The molecule has 0 amide bonds. The minimum absolute atomic E-state index is 0.0511. The first kappa shape index (κ1) is 14.0. The highest BCUT2D eigenvalue weighted by molar-refractivity contribution is 6.04. The molecule has 0 aliphatic rings. The van der Waals surface area contributed by atoms with Crippen molar-refractivity contribution in [3.63, 3.8) is 0 Å². The molecule has 0 spiro atoms. The molecule has 0 aliphatic carbocycles. The number of rotatable bonds is 5. The molecule has 0 radical (unpaired) electrons. The topological polar surface area (TPSA) is 49.3 Å². The maximum absolute atomic E-state index is 11.8. The van der Waals surface area contributed by atoms with Crippen LogP contribution in [-0.4, -0.2) is 10.9 Å². The summed E-state index contributed by atoms with van der Waals surface area (Å²) in [5, 5.41) is 12.5. The summed E-state index contributed by atoms with van der Waals surface area (Å²) in [6.45, 7) is 1.72. The lowest BCUT2D eigenvalue weighted by Crippen LogP contribution is -1.97. The van der Waals surface area contributed by atoms with Crippen LogP contribution in [-0.2, 0) is 0 Å². The maximum Gasteiger partial charge on any atom is 0.187 e. The van der Waals surface area contributed by atoms with Crippen LogP contribution in [0.5, 0.6) is 0 Å². The molecule has 0 unspecified atom stereocenters. The summed E-state index contributed by atoms with van der Waals surface area (Å²) in [5.41, 5.74) is 2.32. The van der Waals surface area contributed by atoms with Gasteiger partial charge in [0, 0.05) is 23.5 Å². The van der Waals surface area contributed by atoms with Crippen molar-refractivity contribution < 1.29 is 9.90 Å². The largest absolute Gasteiger partial charge is 0.389 e. The number of hydrogen-bond acceptors (Lipinski definition) is 3. The van der Waals surface area contributed by atoms with E-state index in [1.54, 1.807) is 25.3 Å². The van der Waals surface area contributed by atoms with Crippen LogP contribution in [0.4, 0.5) is 5.69 Å². The summed E-state index contributed by atoms with van der Waals surface area (Å²) in [5.74, 6) is -0.0511. The van der Waals surface area contributed by atoms with Crippen molar-refractivity contribution >= 4 is 11.5 Å². The van der Waals surface area contributed by atoms with Crippen LogP contribution in [0.2, 0.25) is 0 Å². The summed E-state index contributed by atoms with van der Waals surface area (Å²) >= 11 is 0. The van der Waals surface area contributed by atoms with Gasteiger partial charge in [0.1, 0.15) is 0 Å². The van der Waals surface area contributed by atoms with Crippen molar-refractivity contribution in [3.05, 3.63) is 78.0 Å². The van der Waals surface area contributed by atoms with E-state index in [-0.39, 0.29) is 5.78 Å². The van der Waals surface area contributed by atoms with Gasteiger partial charge in [-0.15, -0.1) is 0 Å². The molecule has 3 heteroatoms. The van der Waals surface area contributed by atoms with E-state index in [4.69, 9.17) is 0 Å². The molecule has 3 nitrogen and oxygen atoms in total. The molecular formula is C17H17NO2. The molecular weight excluding hydrogens is 250 g/mol. The Morgan fingerprint density at radius 1 is 1.15 bits per heavy atom. The van der Waals surface area contributed by atoms with Crippen LogP contribution in [0.3, 0.4) is 0 Å². The van der Waals surface area contributed by atoms with Crippen molar-refractivity contribution in [2.75, 3.05) is 5.32 Å². The van der Waals surface area contributed by atoms with Gasteiger partial charge in [0.15, 0.2) is 5.78 Å². The highest BCUT2D eigenvalue weighted by Crippen LogP contribution is 2.16. The fourth-order valence-electron chi connectivity index (χ4n) is 1.80. The predicted molar refractivity (Wildman–Crippen MR) is 80.6 cm³/mol. The average molecular weight is 267 g/mol. The fourth-order valence-corrected chi connectivity index (χ4v) is 1.80. The quantitative estimate of drug-likeness (QED) is 0.643. The average Bonchev–Trinajstić information content (AvgIpc) is 2.48. The molecule has 0 heterocycles. The first-order valence-electron chi connectivity index (χ1n) is 6.47. The Kier molecular flexibility index (Phi) is 4.69. The Labute approximate surface area is 118 Å². The minimum atomic E-state index is -0.508. The number of aliphatic hydroxyl groups excluding tert-OH is 1. The van der Waals surface area contributed by atoms with E-state index < -0.39 is 6.10 Å². The molecule has 0 saturated heterocycles. The van der Waals surface area contributed by atoms with Gasteiger partial charge in [-0.25, -0.2) is 0 Å². The summed E-state index contributed by atoms with van der Waals surface area (Å²) in [7, 11) is 0. The number of aliphatic hydroxyl groups is 1. The molecule has 0 fully saturated rings. The summed E-state index contributed by atoms with van der Waals surface area (Å²) in [6.07, 6.45) is 2.59. The zero-order valence-corrected chi connectivity index (χ0v) is 11.3. The Bertz CT molecular complexity index is 603. The highest BCUT2D eigenvalue weighted by Gasteiger charge is 2.01. The Hall–Kier alpha value is -2.39. The lowest BCUT2D eigenvalue weighted by molar-refractivity contribution is 0.104. The van der Waals surface area contributed by atoms with E-state index in [2.05, 4.69) is 5.32 Å². The van der Waals surface area contributed by atoms with Crippen molar-refractivity contribution in [2.24, 2.45) is 0 Å².